The van der Waals surface area contributed by atoms with Gasteiger partial charge in [-0.15, -0.1) is 0 Å². The van der Waals surface area contributed by atoms with Crippen molar-refractivity contribution in [2.45, 2.75) is 24.2 Å². The molecule has 0 radical (unpaired) electrons. The van der Waals surface area contributed by atoms with E-state index in [1.54, 1.807) is 0 Å². The summed E-state index contributed by atoms with van der Waals surface area (Å²) in [5.74, 6) is -7.41. The Hall–Kier alpha value is -0.930. The van der Waals surface area contributed by atoms with Crippen molar-refractivity contribution in [2.75, 3.05) is 0 Å². The minimum absolute atomic E-state index is 0. The second-order valence-corrected chi connectivity index (χ2v) is 6.17. The van der Waals surface area contributed by atoms with E-state index in [4.69, 9.17) is 20.4 Å². The molecule has 0 aliphatic heterocycles. The van der Waals surface area contributed by atoms with Crippen LogP contribution in [0.4, 0.5) is 0 Å². The molecule has 0 rings (SSSR count). The second-order valence-electron chi connectivity index (χ2n) is 3.58. The molecule has 0 aromatic carbocycles. The Bertz CT molecular complexity index is 422. The SMILES string of the molecule is O=C(O)CC(C(=O)O)P(=O)(O)C(CC(=O)O)C(=O)O.[Na+]. The van der Waals surface area contributed by atoms with Gasteiger partial charge < -0.3 is 25.3 Å². The number of aliphatic carboxylic acids is 4. The van der Waals surface area contributed by atoms with Gasteiger partial charge >= 0.3 is 53.4 Å². The minimum atomic E-state index is -5.09. The van der Waals surface area contributed by atoms with Crippen molar-refractivity contribution in [3.8, 4) is 0 Å². The van der Waals surface area contributed by atoms with Crippen LogP contribution in [0.3, 0.4) is 0 Å². The summed E-state index contributed by atoms with van der Waals surface area (Å²) >= 11 is 0. The predicted molar refractivity (Wildman–Crippen MR) is 57.2 cm³/mol. The number of carboxylic acids is 4. The van der Waals surface area contributed by atoms with E-state index in [-0.39, 0.29) is 29.6 Å². The predicted octanol–water partition coefficient (Wildman–Crippen LogP) is -3.88. The largest absolute Gasteiger partial charge is 1.00 e. The van der Waals surface area contributed by atoms with Gasteiger partial charge in [0.05, 0.1) is 12.8 Å². The first-order valence-corrected chi connectivity index (χ1v) is 6.51. The van der Waals surface area contributed by atoms with E-state index in [1.807, 2.05) is 0 Å². The van der Waals surface area contributed by atoms with Gasteiger partial charge in [-0.2, -0.15) is 0 Å². The summed E-state index contributed by atoms with van der Waals surface area (Å²) in [6.07, 6.45) is -2.57. The molecular formula is C8H11NaO10P+. The minimum Gasteiger partial charge on any atom is -0.481 e. The summed E-state index contributed by atoms with van der Waals surface area (Å²) in [7, 11) is -5.09. The molecule has 2 unspecified atom stereocenters. The topological polar surface area (TPSA) is 186 Å². The van der Waals surface area contributed by atoms with Gasteiger partial charge in [-0.05, 0) is 0 Å². The molecule has 20 heavy (non-hydrogen) atoms. The van der Waals surface area contributed by atoms with Crippen LogP contribution in [0.15, 0.2) is 0 Å². The zero-order chi connectivity index (χ0) is 15.4. The van der Waals surface area contributed by atoms with Crippen LogP contribution in [-0.4, -0.2) is 60.5 Å². The van der Waals surface area contributed by atoms with E-state index >= 15 is 0 Å². The monoisotopic (exact) mass is 321 g/mol. The summed E-state index contributed by atoms with van der Waals surface area (Å²) in [5, 5.41) is 34.3. The summed E-state index contributed by atoms with van der Waals surface area (Å²) in [6, 6.07) is 0. The fourth-order valence-electron chi connectivity index (χ4n) is 1.30. The van der Waals surface area contributed by atoms with E-state index in [0.29, 0.717) is 0 Å². The molecule has 2 atom stereocenters. The molecule has 108 valence electrons. The van der Waals surface area contributed by atoms with Crippen molar-refractivity contribution in [3.05, 3.63) is 0 Å². The van der Waals surface area contributed by atoms with Crippen molar-refractivity contribution in [1.29, 1.82) is 0 Å². The Labute approximate surface area is 134 Å². The number of hydrogen-bond donors (Lipinski definition) is 5. The maximum Gasteiger partial charge on any atom is 1.00 e. The average molecular weight is 321 g/mol. The quantitative estimate of drug-likeness (QED) is 0.218. The Morgan fingerprint density at radius 2 is 1.05 bits per heavy atom. The molecule has 0 spiro atoms. The number of carboxylic acid groups (broad SMARTS) is 4. The number of carbonyl (C=O) groups is 4. The zero-order valence-electron chi connectivity index (χ0n) is 10.3. The van der Waals surface area contributed by atoms with Crippen molar-refractivity contribution < 1.29 is 78.6 Å². The molecule has 0 amide bonds. The van der Waals surface area contributed by atoms with E-state index < -0.39 is 55.4 Å². The second kappa shape index (κ2) is 8.38. The number of hydrogen-bond acceptors (Lipinski definition) is 5. The van der Waals surface area contributed by atoms with E-state index in [1.165, 1.54) is 0 Å². The summed E-state index contributed by atoms with van der Waals surface area (Å²) in [4.78, 5) is 51.9. The van der Waals surface area contributed by atoms with Crippen LogP contribution < -0.4 is 29.6 Å². The van der Waals surface area contributed by atoms with E-state index in [2.05, 4.69) is 0 Å². The van der Waals surface area contributed by atoms with Gasteiger partial charge in [0.25, 0.3) is 0 Å². The van der Waals surface area contributed by atoms with Gasteiger partial charge in [0, 0.05) is 0 Å². The van der Waals surface area contributed by atoms with E-state index in [0.717, 1.165) is 0 Å². The molecule has 0 aliphatic carbocycles. The fourth-order valence-corrected chi connectivity index (χ4v) is 3.20. The van der Waals surface area contributed by atoms with Gasteiger partial charge in [-0.3, -0.25) is 23.7 Å². The molecule has 0 saturated heterocycles. The first-order valence-electron chi connectivity index (χ1n) is 4.71. The van der Waals surface area contributed by atoms with Gasteiger partial charge in [0.1, 0.15) is 11.3 Å². The smallest absolute Gasteiger partial charge is 0.481 e. The van der Waals surface area contributed by atoms with Crippen molar-refractivity contribution in [2.24, 2.45) is 0 Å². The molecule has 0 aromatic heterocycles. The van der Waals surface area contributed by atoms with Crippen molar-refractivity contribution >= 4 is 31.2 Å². The zero-order valence-corrected chi connectivity index (χ0v) is 13.2. The molecule has 12 heteroatoms. The van der Waals surface area contributed by atoms with Crippen LogP contribution in [-0.2, 0) is 23.7 Å². The van der Waals surface area contributed by atoms with Crippen molar-refractivity contribution in [3.63, 3.8) is 0 Å². The van der Waals surface area contributed by atoms with Crippen LogP contribution in [0.5, 0.6) is 0 Å². The fraction of sp³-hybridized carbons (Fsp3) is 0.500. The summed E-state index contributed by atoms with van der Waals surface area (Å²) < 4.78 is 11.8. The molecule has 0 aromatic rings. The Kier molecular flexibility index (Phi) is 8.95. The van der Waals surface area contributed by atoms with Gasteiger partial charge in [-0.1, -0.05) is 0 Å². The van der Waals surface area contributed by atoms with Gasteiger partial charge in [-0.25, -0.2) is 0 Å². The molecule has 0 fully saturated rings. The van der Waals surface area contributed by atoms with Crippen LogP contribution in [0.25, 0.3) is 0 Å². The standard InChI is InChI=1S/C8H11O10P.Na/c9-5(10)1-3(7(13)14)19(17,18)4(8(15)16)2-6(11)12;/h3-4H,1-2H2,(H,9,10)(H,11,12)(H,13,14)(H,15,16)(H,17,18);/q;+1. The maximum absolute atomic E-state index is 11.8. The molecule has 0 saturated carbocycles. The first-order chi connectivity index (χ1) is 8.50. The Morgan fingerprint density at radius 3 is 1.20 bits per heavy atom. The first kappa shape index (κ1) is 21.4. The van der Waals surface area contributed by atoms with Gasteiger partial charge in [0.15, 0.2) is 0 Å². The Morgan fingerprint density at radius 1 is 0.800 bits per heavy atom. The molecule has 5 N–H and O–H groups in total. The van der Waals surface area contributed by atoms with E-state index in [9.17, 15) is 28.6 Å². The average Bonchev–Trinajstić information content (AvgIpc) is 2.20. The van der Waals surface area contributed by atoms with Gasteiger partial charge in [0.2, 0.25) is 7.37 Å². The van der Waals surface area contributed by atoms with Crippen LogP contribution in [0.1, 0.15) is 12.8 Å². The molecular weight excluding hydrogens is 310 g/mol. The third-order valence-electron chi connectivity index (χ3n) is 2.20. The number of rotatable bonds is 8. The van der Waals surface area contributed by atoms with Crippen LogP contribution in [0.2, 0.25) is 0 Å². The molecule has 0 heterocycles. The maximum atomic E-state index is 11.8. The summed E-state index contributed by atoms with van der Waals surface area (Å²) in [6.45, 7) is 0. The molecule has 10 nitrogen and oxygen atoms in total. The van der Waals surface area contributed by atoms with Crippen molar-refractivity contribution in [1.82, 2.24) is 0 Å². The Balaban J connectivity index is 0. The van der Waals surface area contributed by atoms with Crippen LogP contribution >= 0.6 is 7.37 Å². The third-order valence-corrected chi connectivity index (χ3v) is 4.79. The van der Waals surface area contributed by atoms with Crippen LogP contribution in [0, 0.1) is 0 Å². The molecule has 0 bridgehead atoms. The normalized spacial score (nSPS) is 16.1. The summed E-state index contributed by atoms with van der Waals surface area (Å²) in [5.41, 5.74) is -4.77. The molecule has 0 aliphatic rings. The third kappa shape index (κ3) is 6.02.